The summed E-state index contributed by atoms with van der Waals surface area (Å²) in [6, 6.07) is 5.81. The van der Waals surface area contributed by atoms with E-state index in [-0.39, 0.29) is 12.0 Å². The van der Waals surface area contributed by atoms with Crippen molar-refractivity contribution in [3.63, 3.8) is 0 Å². The van der Waals surface area contributed by atoms with Gasteiger partial charge in [-0.2, -0.15) is 5.10 Å². The van der Waals surface area contributed by atoms with Crippen LogP contribution in [0.1, 0.15) is 17.0 Å². The molecule has 118 valence electrons. The van der Waals surface area contributed by atoms with Gasteiger partial charge in [-0.1, -0.05) is 29.3 Å². The Morgan fingerprint density at radius 2 is 2.23 bits per heavy atom. The van der Waals surface area contributed by atoms with Crippen molar-refractivity contribution in [2.24, 2.45) is 0 Å². The second-order valence-corrected chi connectivity index (χ2v) is 6.45. The molecule has 2 aromatic rings. The first-order valence-corrected chi connectivity index (χ1v) is 8.15. The smallest absolute Gasteiger partial charge is 0.0852 e. The molecule has 4 nitrogen and oxygen atoms in total. The SMILES string of the molecule is Cc1cnn(C[C@H]2OCCNC[C@@H]2c2ccc(Cl)c(Cl)c2)c1. The topological polar surface area (TPSA) is 39.1 Å². The van der Waals surface area contributed by atoms with Crippen LogP contribution in [-0.4, -0.2) is 35.6 Å². The molecule has 0 unspecified atom stereocenters. The maximum atomic E-state index is 6.17. The molecule has 0 aliphatic carbocycles. The molecule has 0 saturated carbocycles. The second-order valence-electron chi connectivity index (χ2n) is 5.63. The molecule has 1 N–H and O–H groups in total. The lowest BCUT2D eigenvalue weighted by atomic mass is 9.93. The molecule has 3 rings (SSSR count). The minimum absolute atomic E-state index is 0.0477. The first-order valence-electron chi connectivity index (χ1n) is 7.40. The molecule has 2 heterocycles. The van der Waals surface area contributed by atoms with Crippen molar-refractivity contribution in [1.82, 2.24) is 15.1 Å². The molecule has 6 heteroatoms. The summed E-state index contributed by atoms with van der Waals surface area (Å²) in [6.07, 6.45) is 3.95. The second kappa shape index (κ2) is 7.01. The quantitative estimate of drug-likeness (QED) is 0.932. The van der Waals surface area contributed by atoms with Gasteiger partial charge in [0.15, 0.2) is 0 Å². The fourth-order valence-corrected chi connectivity index (χ4v) is 3.10. The van der Waals surface area contributed by atoms with Gasteiger partial charge < -0.3 is 10.1 Å². The molecule has 0 bridgehead atoms. The summed E-state index contributed by atoms with van der Waals surface area (Å²) >= 11 is 12.2. The Bertz CT molecular complexity index is 644. The monoisotopic (exact) mass is 339 g/mol. The van der Waals surface area contributed by atoms with E-state index in [2.05, 4.69) is 10.4 Å². The van der Waals surface area contributed by atoms with E-state index in [1.54, 1.807) is 0 Å². The molecule has 1 saturated heterocycles. The average molecular weight is 340 g/mol. The summed E-state index contributed by atoms with van der Waals surface area (Å²) in [7, 11) is 0. The average Bonchev–Trinajstić information content (AvgIpc) is 2.76. The van der Waals surface area contributed by atoms with Crippen LogP contribution >= 0.6 is 23.2 Å². The highest BCUT2D eigenvalue weighted by Crippen LogP contribution is 2.30. The highest BCUT2D eigenvalue weighted by molar-refractivity contribution is 6.42. The molecule has 1 aromatic heterocycles. The molecule has 22 heavy (non-hydrogen) atoms. The van der Waals surface area contributed by atoms with Crippen molar-refractivity contribution in [2.75, 3.05) is 19.7 Å². The lowest BCUT2D eigenvalue weighted by Gasteiger charge is -2.25. The van der Waals surface area contributed by atoms with Crippen LogP contribution in [0.3, 0.4) is 0 Å². The summed E-state index contributed by atoms with van der Waals surface area (Å²) in [5.74, 6) is 0.210. The van der Waals surface area contributed by atoms with Crippen molar-refractivity contribution in [2.45, 2.75) is 25.5 Å². The van der Waals surface area contributed by atoms with Gasteiger partial charge in [0.2, 0.25) is 0 Å². The molecule has 2 atom stereocenters. The predicted molar refractivity (Wildman–Crippen MR) is 88.8 cm³/mol. The van der Waals surface area contributed by atoms with E-state index in [0.29, 0.717) is 16.7 Å². The summed E-state index contributed by atoms with van der Waals surface area (Å²) in [6.45, 7) is 5.16. The van der Waals surface area contributed by atoms with Gasteiger partial charge in [-0.15, -0.1) is 0 Å². The normalized spacial score (nSPS) is 22.5. The Morgan fingerprint density at radius 1 is 1.36 bits per heavy atom. The Morgan fingerprint density at radius 3 is 2.95 bits per heavy atom. The molecule has 0 amide bonds. The van der Waals surface area contributed by atoms with E-state index in [9.17, 15) is 0 Å². The van der Waals surface area contributed by atoms with Gasteiger partial charge in [0.1, 0.15) is 0 Å². The van der Waals surface area contributed by atoms with Crippen LogP contribution in [0.2, 0.25) is 10.0 Å². The first kappa shape index (κ1) is 15.8. The fraction of sp³-hybridized carbons (Fsp3) is 0.438. The lowest BCUT2D eigenvalue weighted by molar-refractivity contribution is 0.0374. The third kappa shape index (κ3) is 3.63. The van der Waals surface area contributed by atoms with Crippen molar-refractivity contribution in [1.29, 1.82) is 0 Å². The maximum Gasteiger partial charge on any atom is 0.0852 e. The van der Waals surface area contributed by atoms with Gasteiger partial charge >= 0.3 is 0 Å². The molecular weight excluding hydrogens is 321 g/mol. The Balaban J connectivity index is 1.85. The number of nitrogens with zero attached hydrogens (tertiary/aromatic N) is 2. The first-order chi connectivity index (χ1) is 10.6. The zero-order valence-electron chi connectivity index (χ0n) is 12.4. The zero-order valence-corrected chi connectivity index (χ0v) is 13.9. The summed E-state index contributed by atoms with van der Waals surface area (Å²) < 4.78 is 7.99. The number of ether oxygens (including phenoxy) is 1. The largest absolute Gasteiger partial charge is 0.374 e. The van der Waals surface area contributed by atoms with Gasteiger partial charge in [0.05, 0.1) is 35.5 Å². The number of rotatable bonds is 3. The molecule has 1 aliphatic heterocycles. The number of hydrogen-bond acceptors (Lipinski definition) is 3. The Labute approximate surface area is 140 Å². The molecule has 1 aromatic carbocycles. The van der Waals surface area contributed by atoms with E-state index in [0.717, 1.165) is 30.8 Å². The summed E-state index contributed by atoms with van der Waals surface area (Å²) in [5, 5.41) is 8.95. The van der Waals surface area contributed by atoms with Crippen LogP contribution in [0.5, 0.6) is 0 Å². The van der Waals surface area contributed by atoms with Crippen LogP contribution < -0.4 is 5.32 Å². The van der Waals surface area contributed by atoms with E-state index in [1.807, 2.05) is 42.2 Å². The third-order valence-corrected chi connectivity index (χ3v) is 4.66. The van der Waals surface area contributed by atoms with Crippen molar-refractivity contribution >= 4 is 23.2 Å². The van der Waals surface area contributed by atoms with Gasteiger partial charge in [-0.25, -0.2) is 0 Å². The number of nitrogens with one attached hydrogen (secondary N) is 1. The summed E-state index contributed by atoms with van der Waals surface area (Å²) in [4.78, 5) is 0. The van der Waals surface area contributed by atoms with E-state index in [1.165, 1.54) is 0 Å². The van der Waals surface area contributed by atoms with Gasteiger partial charge in [-0.05, 0) is 30.2 Å². The Hall–Kier alpha value is -1.07. The molecular formula is C16H19Cl2N3O. The van der Waals surface area contributed by atoms with Gasteiger partial charge in [-0.3, -0.25) is 4.68 Å². The number of hydrogen-bond donors (Lipinski definition) is 1. The fourth-order valence-electron chi connectivity index (χ4n) is 2.79. The molecule has 0 radical (unpaired) electrons. The number of aromatic nitrogens is 2. The zero-order chi connectivity index (χ0) is 15.5. The van der Waals surface area contributed by atoms with E-state index in [4.69, 9.17) is 27.9 Å². The van der Waals surface area contributed by atoms with Crippen molar-refractivity contribution < 1.29 is 4.74 Å². The van der Waals surface area contributed by atoms with E-state index < -0.39 is 0 Å². The maximum absolute atomic E-state index is 6.17. The standard InChI is InChI=1S/C16H19Cl2N3O/c1-11-7-20-21(9-11)10-16-13(8-19-4-5-22-16)12-2-3-14(17)15(18)6-12/h2-3,6-7,9,13,16,19H,4-5,8,10H2,1H3/t13-,16-/m1/s1. The van der Waals surface area contributed by atoms with Gasteiger partial charge in [0, 0.05) is 25.2 Å². The highest BCUT2D eigenvalue weighted by Gasteiger charge is 2.27. The predicted octanol–water partition coefficient (Wildman–Crippen LogP) is 3.27. The van der Waals surface area contributed by atoms with Crippen LogP contribution in [-0.2, 0) is 11.3 Å². The van der Waals surface area contributed by atoms with Crippen LogP contribution in [0.15, 0.2) is 30.6 Å². The number of halogens is 2. The Kier molecular flexibility index (Phi) is 5.03. The number of aryl methyl sites for hydroxylation is 1. The molecule has 0 spiro atoms. The minimum atomic E-state index is 0.0477. The van der Waals surface area contributed by atoms with Crippen molar-refractivity contribution in [3.8, 4) is 0 Å². The highest BCUT2D eigenvalue weighted by atomic mass is 35.5. The minimum Gasteiger partial charge on any atom is -0.374 e. The van der Waals surface area contributed by atoms with E-state index >= 15 is 0 Å². The number of benzene rings is 1. The van der Waals surface area contributed by atoms with Gasteiger partial charge in [0.25, 0.3) is 0 Å². The lowest BCUT2D eigenvalue weighted by Crippen LogP contribution is -2.30. The molecule has 1 fully saturated rings. The van der Waals surface area contributed by atoms with Crippen LogP contribution in [0.25, 0.3) is 0 Å². The van der Waals surface area contributed by atoms with Crippen molar-refractivity contribution in [3.05, 3.63) is 51.8 Å². The van der Waals surface area contributed by atoms with Crippen LogP contribution in [0, 0.1) is 6.92 Å². The third-order valence-electron chi connectivity index (χ3n) is 3.92. The summed E-state index contributed by atoms with van der Waals surface area (Å²) in [5.41, 5.74) is 2.29. The molecule has 1 aliphatic rings. The van der Waals surface area contributed by atoms with Crippen LogP contribution in [0.4, 0.5) is 0 Å².